The van der Waals surface area contributed by atoms with Crippen molar-refractivity contribution in [2.45, 2.75) is 40.5 Å². The molecule has 98 valence electrons. The number of hydrogen-bond donors (Lipinski definition) is 0. The first kappa shape index (κ1) is 14.7. The predicted molar refractivity (Wildman–Crippen MR) is 71.4 cm³/mol. The van der Waals surface area contributed by atoms with Gasteiger partial charge in [-0.1, -0.05) is 13.3 Å². The molecule has 1 rings (SSSR count). The largest absolute Gasteiger partial charge is 0.426 e. The SMILES string of the molecule is CCCc1c(C)cc(C(=O)Cl)c(C)c1OC(C)=O. The first-order valence-electron chi connectivity index (χ1n) is 5.89. The van der Waals surface area contributed by atoms with E-state index in [1.165, 1.54) is 6.92 Å². The summed E-state index contributed by atoms with van der Waals surface area (Å²) in [7, 11) is 0. The van der Waals surface area contributed by atoms with Gasteiger partial charge in [-0.05, 0) is 49.1 Å². The van der Waals surface area contributed by atoms with Crippen LogP contribution in [0.15, 0.2) is 6.07 Å². The number of ether oxygens (including phenoxy) is 1. The molecule has 0 saturated carbocycles. The van der Waals surface area contributed by atoms with Gasteiger partial charge in [0, 0.05) is 18.1 Å². The summed E-state index contributed by atoms with van der Waals surface area (Å²) in [4.78, 5) is 22.5. The molecule has 0 aliphatic heterocycles. The molecule has 0 saturated heterocycles. The molecule has 4 heteroatoms. The maximum absolute atomic E-state index is 11.4. The highest BCUT2D eigenvalue weighted by Crippen LogP contribution is 2.32. The number of rotatable bonds is 4. The Bertz CT molecular complexity index is 492. The molecular weight excluding hydrogens is 252 g/mol. The van der Waals surface area contributed by atoms with Gasteiger partial charge >= 0.3 is 5.97 Å². The Morgan fingerprint density at radius 1 is 1.33 bits per heavy atom. The number of benzene rings is 1. The van der Waals surface area contributed by atoms with Gasteiger partial charge in [0.1, 0.15) is 5.75 Å². The van der Waals surface area contributed by atoms with Crippen molar-refractivity contribution < 1.29 is 14.3 Å². The monoisotopic (exact) mass is 268 g/mol. The second-order valence-electron chi connectivity index (χ2n) is 4.29. The van der Waals surface area contributed by atoms with Crippen molar-refractivity contribution in [1.82, 2.24) is 0 Å². The molecule has 1 aromatic rings. The summed E-state index contributed by atoms with van der Waals surface area (Å²) in [6, 6.07) is 1.75. The molecular formula is C14H17ClO3. The van der Waals surface area contributed by atoms with Crippen LogP contribution in [0.25, 0.3) is 0 Å². The van der Waals surface area contributed by atoms with Crippen molar-refractivity contribution in [3.05, 3.63) is 28.3 Å². The first-order valence-corrected chi connectivity index (χ1v) is 6.27. The molecule has 0 radical (unpaired) electrons. The van der Waals surface area contributed by atoms with E-state index in [0.717, 1.165) is 24.0 Å². The fraction of sp³-hybridized carbons (Fsp3) is 0.429. The Kier molecular flexibility index (Phi) is 4.91. The first-order chi connectivity index (χ1) is 8.38. The van der Waals surface area contributed by atoms with E-state index >= 15 is 0 Å². The normalized spacial score (nSPS) is 10.3. The molecule has 0 aromatic heterocycles. The summed E-state index contributed by atoms with van der Waals surface area (Å²) in [5.74, 6) is 0.0855. The molecule has 18 heavy (non-hydrogen) atoms. The summed E-state index contributed by atoms with van der Waals surface area (Å²) in [5.41, 5.74) is 2.90. The lowest BCUT2D eigenvalue weighted by molar-refractivity contribution is -0.132. The summed E-state index contributed by atoms with van der Waals surface area (Å²) in [6.45, 7) is 7.03. The van der Waals surface area contributed by atoms with Crippen LogP contribution in [0.2, 0.25) is 0 Å². The van der Waals surface area contributed by atoms with Crippen LogP contribution < -0.4 is 4.74 Å². The lowest BCUT2D eigenvalue weighted by atomic mass is 9.96. The maximum Gasteiger partial charge on any atom is 0.308 e. The van der Waals surface area contributed by atoms with Gasteiger partial charge in [-0.3, -0.25) is 9.59 Å². The van der Waals surface area contributed by atoms with Crippen molar-refractivity contribution in [3.8, 4) is 5.75 Å². The minimum absolute atomic E-state index is 0.394. The molecule has 0 aliphatic carbocycles. The molecule has 0 N–H and O–H groups in total. The zero-order valence-corrected chi connectivity index (χ0v) is 11.9. The summed E-state index contributed by atoms with van der Waals surface area (Å²) in [6.07, 6.45) is 1.73. The topological polar surface area (TPSA) is 43.4 Å². The van der Waals surface area contributed by atoms with Crippen molar-refractivity contribution in [3.63, 3.8) is 0 Å². The van der Waals surface area contributed by atoms with Crippen LogP contribution >= 0.6 is 11.6 Å². The number of carbonyl (C=O) groups excluding carboxylic acids is 2. The Hall–Kier alpha value is -1.35. The van der Waals surface area contributed by atoms with Gasteiger partial charge in [0.05, 0.1) is 0 Å². The van der Waals surface area contributed by atoms with E-state index in [2.05, 4.69) is 0 Å². The fourth-order valence-corrected chi connectivity index (χ4v) is 2.18. The van der Waals surface area contributed by atoms with Crippen molar-refractivity contribution in [2.24, 2.45) is 0 Å². The highest BCUT2D eigenvalue weighted by Gasteiger charge is 2.18. The zero-order chi connectivity index (χ0) is 13.9. The van der Waals surface area contributed by atoms with Gasteiger partial charge in [-0.15, -0.1) is 0 Å². The van der Waals surface area contributed by atoms with Crippen LogP contribution in [-0.4, -0.2) is 11.2 Å². The van der Waals surface area contributed by atoms with E-state index in [9.17, 15) is 9.59 Å². The van der Waals surface area contributed by atoms with E-state index in [0.29, 0.717) is 16.9 Å². The smallest absolute Gasteiger partial charge is 0.308 e. The number of aryl methyl sites for hydroxylation is 1. The van der Waals surface area contributed by atoms with Gasteiger partial charge < -0.3 is 4.74 Å². The van der Waals surface area contributed by atoms with Crippen LogP contribution in [0.4, 0.5) is 0 Å². The molecule has 0 heterocycles. The van der Waals surface area contributed by atoms with Crippen LogP contribution in [0.3, 0.4) is 0 Å². The second kappa shape index (κ2) is 6.01. The van der Waals surface area contributed by atoms with Crippen LogP contribution in [0.5, 0.6) is 5.75 Å². The standard InChI is InChI=1S/C14H17ClO3/c1-5-6-11-8(2)7-12(14(15)17)9(3)13(11)18-10(4)16/h7H,5-6H2,1-4H3. The number of halogens is 1. The molecule has 0 spiro atoms. The third-order valence-corrected chi connectivity index (χ3v) is 3.02. The molecule has 3 nitrogen and oxygen atoms in total. The highest BCUT2D eigenvalue weighted by molar-refractivity contribution is 6.68. The molecule has 0 atom stereocenters. The highest BCUT2D eigenvalue weighted by atomic mass is 35.5. The van der Waals surface area contributed by atoms with E-state index in [1.54, 1.807) is 13.0 Å². The maximum atomic E-state index is 11.4. The van der Waals surface area contributed by atoms with Crippen LogP contribution in [0.1, 0.15) is 47.3 Å². The van der Waals surface area contributed by atoms with Gasteiger partial charge in [0.2, 0.25) is 0 Å². The molecule has 0 amide bonds. The van der Waals surface area contributed by atoms with Gasteiger partial charge in [-0.25, -0.2) is 0 Å². The van der Waals surface area contributed by atoms with Crippen molar-refractivity contribution in [1.29, 1.82) is 0 Å². The number of hydrogen-bond acceptors (Lipinski definition) is 3. The molecule has 0 bridgehead atoms. The molecule has 0 fully saturated rings. The van der Waals surface area contributed by atoms with Gasteiger partial charge in [0.25, 0.3) is 5.24 Å². The predicted octanol–water partition coefficient (Wildman–Crippen LogP) is 3.56. The minimum Gasteiger partial charge on any atom is -0.426 e. The van der Waals surface area contributed by atoms with Crippen molar-refractivity contribution in [2.75, 3.05) is 0 Å². The quantitative estimate of drug-likeness (QED) is 0.476. The Morgan fingerprint density at radius 2 is 1.94 bits per heavy atom. The summed E-state index contributed by atoms with van der Waals surface area (Å²) in [5, 5.41) is -0.535. The van der Waals surface area contributed by atoms with Crippen LogP contribution in [-0.2, 0) is 11.2 Å². The van der Waals surface area contributed by atoms with Gasteiger partial charge in [-0.2, -0.15) is 0 Å². The van der Waals surface area contributed by atoms with E-state index < -0.39 is 11.2 Å². The van der Waals surface area contributed by atoms with Crippen molar-refractivity contribution >= 4 is 22.8 Å². The molecule has 0 unspecified atom stereocenters. The van der Waals surface area contributed by atoms with E-state index in [1.807, 2.05) is 13.8 Å². The Balaban J connectivity index is 3.47. The molecule has 1 aromatic carbocycles. The summed E-state index contributed by atoms with van der Waals surface area (Å²) >= 11 is 5.54. The fourth-order valence-electron chi connectivity index (χ4n) is 1.99. The lowest BCUT2D eigenvalue weighted by Crippen LogP contribution is -2.09. The third kappa shape index (κ3) is 3.10. The zero-order valence-electron chi connectivity index (χ0n) is 11.1. The number of carbonyl (C=O) groups is 2. The van der Waals surface area contributed by atoms with E-state index in [4.69, 9.17) is 16.3 Å². The lowest BCUT2D eigenvalue weighted by Gasteiger charge is -2.16. The third-order valence-electron chi connectivity index (χ3n) is 2.81. The van der Waals surface area contributed by atoms with E-state index in [-0.39, 0.29) is 0 Å². The average molecular weight is 269 g/mol. The average Bonchev–Trinajstić information content (AvgIpc) is 2.27. The van der Waals surface area contributed by atoms with Gasteiger partial charge in [0.15, 0.2) is 0 Å². The summed E-state index contributed by atoms with van der Waals surface area (Å²) < 4.78 is 5.25. The van der Waals surface area contributed by atoms with Crippen LogP contribution in [0, 0.1) is 13.8 Å². The second-order valence-corrected chi connectivity index (χ2v) is 4.63. The molecule has 0 aliphatic rings. The minimum atomic E-state index is -0.535. The Labute approximate surface area is 112 Å². The number of esters is 1. The Morgan fingerprint density at radius 3 is 2.39 bits per heavy atom.